The molecular formula is C13H19N3O2. The number of hydrogen-bond donors (Lipinski definition) is 0. The number of likely N-dealkylation sites (tertiary alicyclic amines) is 1. The lowest BCUT2D eigenvalue weighted by Crippen LogP contribution is -2.46. The van der Waals surface area contributed by atoms with Gasteiger partial charge in [0.15, 0.2) is 0 Å². The zero-order valence-electron chi connectivity index (χ0n) is 10.9. The second-order valence-corrected chi connectivity index (χ2v) is 5.78. The van der Waals surface area contributed by atoms with Crippen LogP contribution in [0.3, 0.4) is 0 Å². The molecule has 2 aliphatic heterocycles. The molecule has 0 spiro atoms. The van der Waals surface area contributed by atoms with Crippen LogP contribution in [0.15, 0.2) is 18.5 Å². The third-order valence-corrected chi connectivity index (χ3v) is 4.13. The van der Waals surface area contributed by atoms with Crippen molar-refractivity contribution < 1.29 is 9.53 Å². The number of ether oxygens (including phenoxy) is 1. The van der Waals surface area contributed by atoms with E-state index in [2.05, 4.69) is 5.10 Å². The Morgan fingerprint density at radius 1 is 1.33 bits per heavy atom. The first-order valence-corrected chi connectivity index (χ1v) is 6.46. The van der Waals surface area contributed by atoms with Crippen molar-refractivity contribution in [2.24, 2.45) is 11.8 Å². The maximum absolute atomic E-state index is 12.6. The summed E-state index contributed by atoms with van der Waals surface area (Å²) in [5.41, 5.74) is -0.608. The summed E-state index contributed by atoms with van der Waals surface area (Å²) in [5, 5.41) is 4.20. The number of aromatic nitrogens is 2. The zero-order valence-corrected chi connectivity index (χ0v) is 10.9. The van der Waals surface area contributed by atoms with Crippen LogP contribution in [0.4, 0.5) is 0 Å². The van der Waals surface area contributed by atoms with Gasteiger partial charge >= 0.3 is 0 Å². The molecule has 0 N–H and O–H groups in total. The first-order chi connectivity index (χ1) is 8.59. The quantitative estimate of drug-likeness (QED) is 0.776. The van der Waals surface area contributed by atoms with Gasteiger partial charge < -0.3 is 9.64 Å². The van der Waals surface area contributed by atoms with Gasteiger partial charge in [0.25, 0.3) is 0 Å². The Labute approximate surface area is 107 Å². The smallest absolute Gasteiger partial charge is 0.249 e. The molecule has 0 bridgehead atoms. The molecule has 1 amide bonds. The molecule has 1 aromatic rings. The van der Waals surface area contributed by atoms with Crippen LogP contribution in [0, 0.1) is 11.8 Å². The van der Waals surface area contributed by atoms with E-state index in [9.17, 15) is 4.79 Å². The first kappa shape index (κ1) is 11.7. The second-order valence-electron chi connectivity index (χ2n) is 5.78. The number of nitrogens with zero attached hydrogens (tertiary/aromatic N) is 3. The Bertz CT molecular complexity index is 429. The molecular weight excluding hydrogens is 230 g/mol. The largest absolute Gasteiger partial charge is 0.381 e. The Kier molecular flexibility index (Phi) is 2.66. The maximum atomic E-state index is 12.6. The van der Waals surface area contributed by atoms with Gasteiger partial charge in [-0.15, -0.1) is 0 Å². The second kappa shape index (κ2) is 4.09. The fourth-order valence-electron chi connectivity index (χ4n) is 2.94. The minimum atomic E-state index is -0.608. The third-order valence-electron chi connectivity index (χ3n) is 4.13. The third kappa shape index (κ3) is 1.73. The fraction of sp³-hybridized carbons (Fsp3) is 0.692. The molecule has 2 aliphatic rings. The van der Waals surface area contributed by atoms with Gasteiger partial charge in [-0.2, -0.15) is 5.10 Å². The minimum absolute atomic E-state index is 0.153. The van der Waals surface area contributed by atoms with Crippen molar-refractivity contribution in [3.8, 4) is 0 Å². The average molecular weight is 249 g/mol. The van der Waals surface area contributed by atoms with Crippen molar-refractivity contribution in [1.29, 1.82) is 0 Å². The van der Waals surface area contributed by atoms with Crippen LogP contribution in [0.5, 0.6) is 0 Å². The van der Waals surface area contributed by atoms with Crippen LogP contribution in [-0.2, 0) is 15.1 Å². The molecule has 2 fully saturated rings. The van der Waals surface area contributed by atoms with Gasteiger partial charge in [-0.3, -0.25) is 9.48 Å². The molecule has 1 aromatic heterocycles. The normalized spacial score (nSPS) is 27.6. The Hall–Kier alpha value is -1.36. The molecule has 18 heavy (non-hydrogen) atoms. The Balaban J connectivity index is 1.75. The van der Waals surface area contributed by atoms with Gasteiger partial charge in [-0.1, -0.05) is 0 Å². The van der Waals surface area contributed by atoms with Crippen molar-refractivity contribution in [2.75, 3.05) is 26.3 Å². The molecule has 3 heterocycles. The van der Waals surface area contributed by atoms with E-state index in [1.165, 1.54) is 0 Å². The number of fused-ring (bicyclic) bond motifs is 1. The van der Waals surface area contributed by atoms with E-state index in [1.54, 1.807) is 10.9 Å². The van der Waals surface area contributed by atoms with Crippen LogP contribution in [0.1, 0.15) is 13.8 Å². The zero-order chi connectivity index (χ0) is 12.8. The summed E-state index contributed by atoms with van der Waals surface area (Å²) in [4.78, 5) is 14.6. The molecule has 5 nitrogen and oxygen atoms in total. The predicted molar refractivity (Wildman–Crippen MR) is 65.9 cm³/mol. The molecule has 2 atom stereocenters. The van der Waals surface area contributed by atoms with Gasteiger partial charge in [0, 0.05) is 37.3 Å². The van der Waals surface area contributed by atoms with E-state index < -0.39 is 5.54 Å². The molecule has 98 valence electrons. The Morgan fingerprint density at radius 3 is 2.56 bits per heavy atom. The van der Waals surface area contributed by atoms with Crippen molar-refractivity contribution in [3.63, 3.8) is 0 Å². The SMILES string of the molecule is CC(C)(C(=O)N1CC2COCC2C1)n1cccn1. The number of rotatable bonds is 2. The van der Waals surface area contributed by atoms with Crippen molar-refractivity contribution in [3.05, 3.63) is 18.5 Å². The van der Waals surface area contributed by atoms with E-state index in [0.29, 0.717) is 11.8 Å². The highest BCUT2D eigenvalue weighted by atomic mass is 16.5. The summed E-state index contributed by atoms with van der Waals surface area (Å²) in [5.74, 6) is 1.21. The lowest BCUT2D eigenvalue weighted by molar-refractivity contribution is -0.139. The highest BCUT2D eigenvalue weighted by Crippen LogP contribution is 2.31. The standard InChI is InChI=1S/C13H19N3O2/c1-13(2,16-5-3-4-14-16)12(17)15-6-10-8-18-9-11(10)7-15/h3-5,10-11H,6-9H2,1-2H3. The molecule has 5 heteroatoms. The molecule has 0 aromatic carbocycles. The van der Waals surface area contributed by atoms with Gasteiger partial charge in [-0.25, -0.2) is 0 Å². The monoisotopic (exact) mass is 249 g/mol. The first-order valence-electron chi connectivity index (χ1n) is 6.46. The summed E-state index contributed by atoms with van der Waals surface area (Å²) < 4.78 is 7.18. The lowest BCUT2D eigenvalue weighted by atomic mass is 10.0. The van der Waals surface area contributed by atoms with Crippen LogP contribution >= 0.6 is 0 Å². The van der Waals surface area contributed by atoms with E-state index in [4.69, 9.17) is 4.74 Å². The van der Waals surface area contributed by atoms with Crippen LogP contribution < -0.4 is 0 Å². The predicted octanol–water partition coefficient (Wildman–Crippen LogP) is 0.723. The molecule has 3 rings (SSSR count). The minimum Gasteiger partial charge on any atom is -0.381 e. The van der Waals surface area contributed by atoms with Gasteiger partial charge in [0.05, 0.1) is 13.2 Å². The number of carbonyl (C=O) groups excluding carboxylic acids is 1. The summed E-state index contributed by atoms with van der Waals surface area (Å²) >= 11 is 0. The average Bonchev–Trinajstić information content (AvgIpc) is 3.03. The highest BCUT2D eigenvalue weighted by Gasteiger charge is 2.43. The fourth-order valence-corrected chi connectivity index (χ4v) is 2.94. The Morgan fingerprint density at radius 2 is 2.00 bits per heavy atom. The van der Waals surface area contributed by atoms with Gasteiger partial charge in [0.2, 0.25) is 5.91 Å². The van der Waals surface area contributed by atoms with Crippen LogP contribution in [0.25, 0.3) is 0 Å². The molecule has 0 saturated carbocycles. The van der Waals surface area contributed by atoms with Crippen LogP contribution in [0.2, 0.25) is 0 Å². The number of carbonyl (C=O) groups is 1. The van der Waals surface area contributed by atoms with E-state index in [0.717, 1.165) is 26.3 Å². The van der Waals surface area contributed by atoms with E-state index in [-0.39, 0.29) is 5.91 Å². The van der Waals surface area contributed by atoms with Crippen LogP contribution in [-0.4, -0.2) is 46.9 Å². The number of amides is 1. The molecule has 2 saturated heterocycles. The summed E-state index contributed by atoms with van der Waals surface area (Å²) in [7, 11) is 0. The lowest BCUT2D eigenvalue weighted by Gasteiger charge is -2.30. The van der Waals surface area contributed by atoms with Crippen molar-refractivity contribution in [1.82, 2.24) is 14.7 Å². The van der Waals surface area contributed by atoms with E-state index >= 15 is 0 Å². The topological polar surface area (TPSA) is 47.4 Å². The molecule has 2 unspecified atom stereocenters. The molecule has 0 aliphatic carbocycles. The number of hydrogen-bond acceptors (Lipinski definition) is 3. The maximum Gasteiger partial charge on any atom is 0.249 e. The summed E-state index contributed by atoms with van der Waals surface area (Å²) in [6.45, 7) is 7.11. The summed E-state index contributed by atoms with van der Waals surface area (Å²) in [6, 6.07) is 1.85. The highest BCUT2D eigenvalue weighted by molar-refractivity contribution is 5.84. The van der Waals surface area contributed by atoms with Gasteiger partial charge in [0.1, 0.15) is 5.54 Å². The summed E-state index contributed by atoms with van der Waals surface area (Å²) in [6.07, 6.45) is 3.56. The van der Waals surface area contributed by atoms with Crippen molar-refractivity contribution >= 4 is 5.91 Å². The van der Waals surface area contributed by atoms with Gasteiger partial charge in [-0.05, 0) is 19.9 Å². The van der Waals surface area contributed by atoms with E-state index in [1.807, 2.05) is 31.0 Å². The van der Waals surface area contributed by atoms with Crippen molar-refractivity contribution in [2.45, 2.75) is 19.4 Å². The molecule has 0 radical (unpaired) electrons.